The molecule has 0 atom stereocenters. The average Bonchev–Trinajstić information content (AvgIpc) is 3.13. The third-order valence-corrected chi connectivity index (χ3v) is 6.60. The lowest BCUT2D eigenvalue weighted by Gasteiger charge is -2.14. The summed E-state index contributed by atoms with van der Waals surface area (Å²) in [4.78, 5) is 26.6. The minimum absolute atomic E-state index is 0.0841. The van der Waals surface area contributed by atoms with Gasteiger partial charge in [-0.25, -0.2) is 4.39 Å². The second-order valence-electron chi connectivity index (χ2n) is 7.66. The maximum Gasteiger partial charge on any atom is 0.293 e. The number of carbonyl (C=O) groups excluding carboxylic acids is 2. The van der Waals surface area contributed by atoms with Gasteiger partial charge >= 0.3 is 0 Å². The number of halogens is 2. The summed E-state index contributed by atoms with van der Waals surface area (Å²) in [6.07, 6.45) is 1.57. The Kier molecular flexibility index (Phi) is 7.93. The van der Waals surface area contributed by atoms with E-state index in [9.17, 15) is 19.2 Å². The molecule has 0 bridgehead atoms. The van der Waals surface area contributed by atoms with Crippen LogP contribution in [0.1, 0.15) is 29.2 Å². The van der Waals surface area contributed by atoms with Gasteiger partial charge in [0.25, 0.3) is 11.1 Å². The van der Waals surface area contributed by atoms with E-state index in [4.69, 9.17) is 21.1 Å². The van der Waals surface area contributed by atoms with Crippen molar-refractivity contribution in [3.8, 4) is 17.6 Å². The summed E-state index contributed by atoms with van der Waals surface area (Å²) in [7, 11) is 0. The molecule has 0 aromatic heterocycles. The number of amides is 2. The van der Waals surface area contributed by atoms with Crippen LogP contribution in [0, 0.1) is 17.1 Å². The second kappa shape index (κ2) is 11.3. The molecule has 0 saturated carbocycles. The molecule has 1 aliphatic heterocycles. The lowest BCUT2D eigenvalue weighted by Crippen LogP contribution is -2.28. The van der Waals surface area contributed by atoms with E-state index in [1.54, 1.807) is 36.4 Å². The minimum atomic E-state index is -0.583. The van der Waals surface area contributed by atoms with Gasteiger partial charge in [0.1, 0.15) is 12.4 Å². The monoisotopic (exact) mass is 522 g/mol. The number of carbonyl (C=O) groups is 2. The molecule has 0 spiro atoms. The molecule has 0 radical (unpaired) electrons. The molecule has 2 amide bonds. The van der Waals surface area contributed by atoms with Crippen molar-refractivity contribution >= 4 is 40.6 Å². The van der Waals surface area contributed by atoms with Gasteiger partial charge in [-0.15, -0.1) is 0 Å². The number of hydrogen-bond donors (Lipinski definition) is 0. The van der Waals surface area contributed by atoms with Crippen molar-refractivity contribution in [1.82, 2.24) is 4.90 Å². The number of ether oxygens (including phenoxy) is 2. The molecule has 1 saturated heterocycles. The zero-order valence-electron chi connectivity index (χ0n) is 19.2. The van der Waals surface area contributed by atoms with Crippen LogP contribution in [-0.2, 0) is 17.9 Å². The number of imide groups is 1. The number of thioether (sulfide) groups is 1. The fourth-order valence-corrected chi connectivity index (χ4v) is 4.60. The summed E-state index contributed by atoms with van der Waals surface area (Å²) < 4.78 is 25.8. The van der Waals surface area contributed by atoms with Gasteiger partial charge in [0.15, 0.2) is 11.5 Å². The van der Waals surface area contributed by atoms with Gasteiger partial charge in [-0.3, -0.25) is 14.5 Å². The summed E-state index contributed by atoms with van der Waals surface area (Å²) in [6, 6.07) is 18.6. The zero-order chi connectivity index (χ0) is 25.7. The van der Waals surface area contributed by atoms with Gasteiger partial charge in [0, 0.05) is 16.1 Å². The van der Waals surface area contributed by atoms with E-state index in [1.807, 2.05) is 19.1 Å². The number of hydrogen-bond acceptors (Lipinski definition) is 6. The van der Waals surface area contributed by atoms with Crippen LogP contribution in [0.25, 0.3) is 6.08 Å². The second-order valence-corrected chi connectivity index (χ2v) is 9.07. The van der Waals surface area contributed by atoms with E-state index in [-0.39, 0.29) is 28.6 Å². The lowest BCUT2D eigenvalue weighted by molar-refractivity contribution is -0.123. The van der Waals surface area contributed by atoms with Crippen molar-refractivity contribution in [3.05, 3.63) is 98.7 Å². The van der Waals surface area contributed by atoms with Gasteiger partial charge in [0.05, 0.1) is 29.7 Å². The summed E-state index contributed by atoms with van der Waals surface area (Å²) >= 11 is 6.83. The fraction of sp³-hybridized carbons (Fsp3) is 0.148. The van der Waals surface area contributed by atoms with E-state index in [0.29, 0.717) is 29.2 Å². The normalized spacial score (nSPS) is 14.3. The number of benzene rings is 3. The highest BCUT2D eigenvalue weighted by Gasteiger charge is 2.36. The average molecular weight is 523 g/mol. The summed E-state index contributed by atoms with van der Waals surface area (Å²) in [5.74, 6) is -0.183. The molecule has 1 aliphatic rings. The van der Waals surface area contributed by atoms with Crippen LogP contribution in [0.4, 0.5) is 9.18 Å². The smallest absolute Gasteiger partial charge is 0.293 e. The molecular formula is C27H20ClFN2O4S. The van der Waals surface area contributed by atoms with Crippen molar-refractivity contribution in [2.45, 2.75) is 20.1 Å². The third-order valence-electron chi connectivity index (χ3n) is 5.34. The van der Waals surface area contributed by atoms with E-state index in [2.05, 4.69) is 6.07 Å². The van der Waals surface area contributed by atoms with E-state index in [0.717, 1.165) is 22.2 Å². The number of rotatable bonds is 8. The first kappa shape index (κ1) is 25.3. The molecule has 9 heteroatoms. The number of nitrogens with zero attached hydrogens (tertiary/aromatic N) is 2. The summed E-state index contributed by atoms with van der Waals surface area (Å²) in [6.45, 7) is 2.14. The van der Waals surface area contributed by atoms with Crippen LogP contribution in [0.5, 0.6) is 11.5 Å². The van der Waals surface area contributed by atoms with Crippen LogP contribution >= 0.6 is 23.4 Å². The molecule has 182 valence electrons. The summed E-state index contributed by atoms with van der Waals surface area (Å²) in [5.41, 5.74) is 1.98. The van der Waals surface area contributed by atoms with Crippen molar-refractivity contribution in [2.24, 2.45) is 0 Å². The van der Waals surface area contributed by atoms with Crippen molar-refractivity contribution in [3.63, 3.8) is 0 Å². The molecule has 3 aromatic rings. The topological polar surface area (TPSA) is 79.6 Å². The Morgan fingerprint density at radius 3 is 2.64 bits per heavy atom. The van der Waals surface area contributed by atoms with Crippen LogP contribution < -0.4 is 9.47 Å². The Bertz CT molecular complexity index is 1380. The van der Waals surface area contributed by atoms with Crippen LogP contribution in [0.3, 0.4) is 0 Å². The van der Waals surface area contributed by atoms with E-state index < -0.39 is 17.0 Å². The molecule has 4 rings (SSSR count). The standard InChI is InChI=1S/C27H20ClFN2O4S/c1-2-34-24-12-17(10-11-23(24)35-16-19-7-4-3-6-18(19)14-30)13-25-26(32)31(27(33)36-25)15-20-21(28)8-5-9-22(20)29/h3-13H,2,15-16H2,1H3. The molecule has 36 heavy (non-hydrogen) atoms. The molecule has 3 aromatic carbocycles. The molecule has 0 aliphatic carbocycles. The van der Waals surface area contributed by atoms with Gasteiger partial charge < -0.3 is 9.47 Å². The maximum atomic E-state index is 14.2. The molecular weight excluding hydrogens is 503 g/mol. The predicted molar refractivity (Wildman–Crippen MR) is 136 cm³/mol. The van der Waals surface area contributed by atoms with E-state index in [1.165, 1.54) is 18.2 Å². The molecule has 1 fully saturated rings. The molecule has 6 nitrogen and oxygen atoms in total. The predicted octanol–water partition coefficient (Wildman–Crippen LogP) is 6.56. The Hall–Kier alpha value is -3.80. The molecule has 1 heterocycles. The fourth-order valence-electron chi connectivity index (χ4n) is 3.54. The maximum absolute atomic E-state index is 14.2. The minimum Gasteiger partial charge on any atom is -0.490 e. The van der Waals surface area contributed by atoms with Crippen LogP contribution in [-0.4, -0.2) is 22.7 Å². The van der Waals surface area contributed by atoms with Crippen molar-refractivity contribution < 1.29 is 23.5 Å². The van der Waals surface area contributed by atoms with Crippen LogP contribution in [0.15, 0.2) is 65.6 Å². The van der Waals surface area contributed by atoms with Crippen molar-refractivity contribution in [2.75, 3.05) is 6.61 Å². The number of nitriles is 1. The van der Waals surface area contributed by atoms with Gasteiger partial charge in [0.2, 0.25) is 0 Å². The van der Waals surface area contributed by atoms with E-state index >= 15 is 0 Å². The van der Waals surface area contributed by atoms with Crippen molar-refractivity contribution in [1.29, 1.82) is 5.26 Å². The Balaban J connectivity index is 1.54. The zero-order valence-corrected chi connectivity index (χ0v) is 20.7. The van der Waals surface area contributed by atoms with Crippen LogP contribution in [0.2, 0.25) is 5.02 Å². The summed E-state index contributed by atoms with van der Waals surface area (Å²) in [5, 5.41) is 8.91. The highest BCUT2D eigenvalue weighted by molar-refractivity contribution is 8.18. The first-order valence-corrected chi connectivity index (χ1v) is 12.2. The first-order chi connectivity index (χ1) is 17.4. The van der Waals surface area contributed by atoms with Gasteiger partial charge in [-0.2, -0.15) is 5.26 Å². The third kappa shape index (κ3) is 5.54. The Morgan fingerprint density at radius 2 is 1.89 bits per heavy atom. The highest BCUT2D eigenvalue weighted by Crippen LogP contribution is 2.36. The Morgan fingerprint density at radius 1 is 1.08 bits per heavy atom. The van der Waals surface area contributed by atoms with Gasteiger partial charge in [-0.1, -0.05) is 41.9 Å². The SMILES string of the molecule is CCOc1cc(C=C2SC(=O)N(Cc3c(F)cccc3Cl)C2=O)ccc1OCc1ccccc1C#N. The first-order valence-electron chi connectivity index (χ1n) is 11.0. The largest absolute Gasteiger partial charge is 0.490 e. The molecule has 0 N–H and O–H groups in total. The Labute approximate surface area is 216 Å². The molecule has 0 unspecified atom stereocenters. The quantitative estimate of drug-likeness (QED) is 0.311. The van der Waals surface area contributed by atoms with Gasteiger partial charge in [-0.05, 0) is 60.7 Å². The lowest BCUT2D eigenvalue weighted by atomic mass is 10.1. The highest BCUT2D eigenvalue weighted by atomic mass is 35.5.